The van der Waals surface area contributed by atoms with Gasteiger partial charge in [-0.05, 0) is 11.1 Å². The van der Waals surface area contributed by atoms with E-state index in [0.29, 0.717) is 26.2 Å². The predicted octanol–water partition coefficient (Wildman–Crippen LogP) is 3.99. The van der Waals surface area contributed by atoms with Gasteiger partial charge in [0.25, 0.3) is 0 Å². The van der Waals surface area contributed by atoms with Crippen molar-refractivity contribution in [3.8, 4) is 0 Å². The quantitative estimate of drug-likeness (QED) is 0.724. The highest BCUT2D eigenvalue weighted by molar-refractivity contribution is 5.73. The number of halogens is 5. The molecule has 9 heteroatoms. The molecule has 2 aromatic rings. The van der Waals surface area contributed by atoms with Gasteiger partial charge in [-0.15, -0.1) is 0 Å². The molecular weight excluding hydrogens is 407 g/mol. The molecule has 2 aromatic carbocycles. The van der Waals surface area contributed by atoms with E-state index in [2.05, 4.69) is 34.5 Å². The molecule has 4 nitrogen and oxygen atoms in total. The Labute approximate surface area is 171 Å². The van der Waals surface area contributed by atoms with Gasteiger partial charge in [-0.25, -0.2) is 13.6 Å². The first-order valence-corrected chi connectivity index (χ1v) is 9.31. The molecule has 2 aliphatic heterocycles. The van der Waals surface area contributed by atoms with Crippen LogP contribution in [0.3, 0.4) is 0 Å². The molecule has 0 spiro atoms. The minimum Gasteiger partial charge on any atom is -0.475 e. The van der Waals surface area contributed by atoms with Gasteiger partial charge in [-0.3, -0.25) is 4.90 Å². The van der Waals surface area contributed by atoms with Crippen molar-refractivity contribution in [2.45, 2.75) is 24.6 Å². The van der Waals surface area contributed by atoms with E-state index in [-0.39, 0.29) is 6.04 Å². The summed E-state index contributed by atoms with van der Waals surface area (Å²) < 4.78 is 56.3. The summed E-state index contributed by atoms with van der Waals surface area (Å²) in [6, 6.07) is 20.8. The molecular formula is C21H23F5N2O2. The summed E-state index contributed by atoms with van der Waals surface area (Å²) in [4.78, 5) is 11.1. The summed E-state index contributed by atoms with van der Waals surface area (Å²) in [5.41, 5.74) is 2.46. The van der Waals surface area contributed by atoms with Gasteiger partial charge in [-0.1, -0.05) is 60.7 Å². The first-order valence-electron chi connectivity index (χ1n) is 9.31. The average Bonchev–Trinajstić information content (AvgIpc) is 2.67. The molecule has 30 heavy (non-hydrogen) atoms. The number of hydrogen-bond donors (Lipinski definition) is 2. The standard InChI is InChI=1S/C16H16FN.C3H6FN.C2HF3O2/c17-15-11-18(12-15)16(13-7-3-1-4-8-13)14-9-5-2-6-10-14;4-3-1-5-2-3;3-2(4,5)1(6)7/h1-10,15-16H,11-12H2;3,5H,1-2H2;(H,6,7). The monoisotopic (exact) mass is 430 g/mol. The summed E-state index contributed by atoms with van der Waals surface area (Å²) in [6.07, 6.45) is -6.30. The predicted molar refractivity (Wildman–Crippen MR) is 103 cm³/mol. The van der Waals surface area contributed by atoms with Crippen molar-refractivity contribution in [3.63, 3.8) is 0 Å². The minimum atomic E-state index is -5.08. The van der Waals surface area contributed by atoms with Gasteiger partial charge < -0.3 is 10.4 Å². The number of benzene rings is 2. The van der Waals surface area contributed by atoms with Gasteiger partial charge in [0.05, 0.1) is 6.04 Å². The Morgan fingerprint density at radius 1 is 0.900 bits per heavy atom. The van der Waals surface area contributed by atoms with E-state index >= 15 is 0 Å². The molecule has 0 bridgehead atoms. The molecule has 164 valence electrons. The van der Waals surface area contributed by atoms with Gasteiger partial charge in [0.2, 0.25) is 0 Å². The molecule has 2 saturated heterocycles. The van der Waals surface area contributed by atoms with Gasteiger partial charge >= 0.3 is 12.1 Å². The molecule has 0 atom stereocenters. The van der Waals surface area contributed by atoms with Crippen molar-refractivity contribution in [1.29, 1.82) is 0 Å². The first kappa shape index (κ1) is 23.8. The average molecular weight is 430 g/mol. The van der Waals surface area contributed by atoms with E-state index in [0.717, 1.165) is 0 Å². The van der Waals surface area contributed by atoms with Gasteiger partial charge in [0, 0.05) is 26.2 Å². The Hall–Kier alpha value is -2.52. The molecule has 0 saturated carbocycles. The highest BCUT2D eigenvalue weighted by atomic mass is 19.4. The number of alkyl halides is 5. The third kappa shape index (κ3) is 7.38. The third-order valence-electron chi connectivity index (χ3n) is 4.44. The van der Waals surface area contributed by atoms with Gasteiger partial charge in [-0.2, -0.15) is 13.2 Å². The summed E-state index contributed by atoms with van der Waals surface area (Å²) >= 11 is 0. The second kappa shape index (κ2) is 11.0. The Balaban J connectivity index is 0.000000220. The number of carbonyl (C=O) groups is 1. The van der Waals surface area contributed by atoms with Crippen LogP contribution in [0, 0.1) is 0 Å². The summed E-state index contributed by atoms with van der Waals surface area (Å²) in [7, 11) is 0. The van der Waals surface area contributed by atoms with Crippen molar-refractivity contribution < 1.29 is 31.9 Å². The molecule has 0 aliphatic carbocycles. The zero-order valence-corrected chi connectivity index (χ0v) is 16.0. The molecule has 0 aromatic heterocycles. The van der Waals surface area contributed by atoms with Crippen molar-refractivity contribution in [2.24, 2.45) is 0 Å². The number of hydrogen-bond acceptors (Lipinski definition) is 3. The van der Waals surface area contributed by atoms with Crippen LogP contribution in [-0.2, 0) is 4.79 Å². The van der Waals surface area contributed by atoms with Crippen molar-refractivity contribution in [3.05, 3.63) is 71.8 Å². The second-order valence-corrected chi connectivity index (χ2v) is 6.83. The zero-order valence-electron chi connectivity index (χ0n) is 16.0. The number of likely N-dealkylation sites (tertiary alicyclic amines) is 1. The van der Waals surface area contributed by atoms with Crippen LogP contribution in [0.2, 0.25) is 0 Å². The first-order chi connectivity index (χ1) is 14.2. The summed E-state index contributed by atoms with van der Waals surface area (Å²) in [6.45, 7) is 2.21. The Morgan fingerprint density at radius 3 is 1.50 bits per heavy atom. The normalized spacial score (nSPS) is 17.0. The Morgan fingerprint density at radius 2 is 1.27 bits per heavy atom. The molecule has 0 radical (unpaired) electrons. The fourth-order valence-electron chi connectivity index (χ4n) is 2.80. The molecule has 4 rings (SSSR count). The minimum absolute atomic E-state index is 0.180. The highest BCUT2D eigenvalue weighted by Crippen LogP contribution is 2.32. The number of nitrogens with zero attached hydrogens (tertiary/aromatic N) is 1. The number of nitrogens with one attached hydrogen (secondary N) is 1. The maximum Gasteiger partial charge on any atom is 0.490 e. The Kier molecular flexibility index (Phi) is 8.73. The van der Waals surface area contributed by atoms with Crippen LogP contribution < -0.4 is 5.32 Å². The van der Waals surface area contributed by atoms with Crippen LogP contribution in [-0.4, -0.2) is 60.7 Å². The molecule has 2 aliphatic rings. The highest BCUT2D eigenvalue weighted by Gasteiger charge is 2.38. The smallest absolute Gasteiger partial charge is 0.475 e. The van der Waals surface area contributed by atoms with Gasteiger partial charge in [0.15, 0.2) is 0 Å². The molecule has 2 fully saturated rings. The number of aliphatic carboxylic acids is 1. The maximum atomic E-state index is 13.1. The fourth-order valence-corrected chi connectivity index (χ4v) is 2.80. The molecule has 2 heterocycles. The summed E-state index contributed by atoms with van der Waals surface area (Å²) in [5.74, 6) is -2.76. The lowest BCUT2D eigenvalue weighted by Gasteiger charge is -2.41. The van der Waals surface area contributed by atoms with E-state index in [1.54, 1.807) is 0 Å². The molecule has 0 unspecified atom stereocenters. The van der Waals surface area contributed by atoms with Crippen LogP contribution in [0.5, 0.6) is 0 Å². The Bertz CT molecular complexity index is 724. The lowest BCUT2D eigenvalue weighted by atomic mass is 9.94. The maximum absolute atomic E-state index is 13.1. The van der Waals surface area contributed by atoms with Crippen LogP contribution in [0.1, 0.15) is 17.2 Å². The molecule has 2 N–H and O–H groups in total. The van der Waals surface area contributed by atoms with E-state index in [4.69, 9.17) is 9.90 Å². The van der Waals surface area contributed by atoms with Crippen LogP contribution in [0.4, 0.5) is 22.0 Å². The largest absolute Gasteiger partial charge is 0.490 e. The number of carboxylic acid groups (broad SMARTS) is 1. The number of rotatable bonds is 3. The van der Waals surface area contributed by atoms with Gasteiger partial charge in [0.1, 0.15) is 12.3 Å². The zero-order chi connectivity index (χ0) is 22.1. The summed E-state index contributed by atoms with van der Waals surface area (Å²) in [5, 5.41) is 9.91. The van der Waals surface area contributed by atoms with Crippen molar-refractivity contribution >= 4 is 5.97 Å². The topological polar surface area (TPSA) is 52.6 Å². The van der Waals surface area contributed by atoms with E-state index < -0.39 is 24.5 Å². The lowest BCUT2D eigenvalue weighted by Crippen LogP contribution is -2.50. The van der Waals surface area contributed by atoms with Crippen LogP contribution in [0.25, 0.3) is 0 Å². The van der Waals surface area contributed by atoms with E-state index in [1.807, 2.05) is 36.4 Å². The SMILES string of the molecule is FC1CN(C(c2ccccc2)c2ccccc2)C1.FC1CNC1.O=C(O)C(F)(F)F. The van der Waals surface area contributed by atoms with Crippen molar-refractivity contribution in [2.75, 3.05) is 26.2 Å². The lowest BCUT2D eigenvalue weighted by molar-refractivity contribution is -0.192. The number of carboxylic acids is 1. The van der Waals surface area contributed by atoms with Crippen molar-refractivity contribution in [1.82, 2.24) is 10.2 Å². The van der Waals surface area contributed by atoms with Crippen LogP contribution >= 0.6 is 0 Å². The van der Waals surface area contributed by atoms with E-state index in [9.17, 15) is 22.0 Å². The molecule has 0 amide bonds. The fraction of sp³-hybridized carbons (Fsp3) is 0.381. The third-order valence-corrected chi connectivity index (χ3v) is 4.44. The second-order valence-electron chi connectivity index (χ2n) is 6.83. The van der Waals surface area contributed by atoms with Crippen LogP contribution in [0.15, 0.2) is 60.7 Å². The van der Waals surface area contributed by atoms with E-state index in [1.165, 1.54) is 11.1 Å².